The number of nitro groups is 1. The molecular weight excluding hydrogens is 342 g/mol. The Bertz CT molecular complexity index is 908. The SMILES string of the molecule is Cc1nc(N)c(C(=O)O)c(-c2cccc([N+](=O)[O-])c2)c1C(=O)OC(C)C. The summed E-state index contributed by atoms with van der Waals surface area (Å²) >= 11 is 0. The quantitative estimate of drug-likeness (QED) is 0.471. The van der Waals surface area contributed by atoms with Gasteiger partial charge in [-0.05, 0) is 26.3 Å². The Hall–Kier alpha value is -3.49. The fraction of sp³-hybridized carbons (Fsp3) is 0.235. The van der Waals surface area contributed by atoms with Crippen LogP contribution in [0.15, 0.2) is 24.3 Å². The number of aromatic nitrogens is 1. The molecule has 0 atom stereocenters. The summed E-state index contributed by atoms with van der Waals surface area (Å²) in [4.78, 5) is 38.7. The number of ether oxygens (including phenoxy) is 1. The van der Waals surface area contributed by atoms with Crippen molar-refractivity contribution in [3.05, 3.63) is 51.2 Å². The largest absolute Gasteiger partial charge is 0.478 e. The van der Waals surface area contributed by atoms with E-state index in [0.29, 0.717) is 0 Å². The Balaban J connectivity index is 2.87. The standard InChI is InChI=1S/C17H17N3O6/c1-8(2)26-17(23)12-9(3)19-15(18)14(16(21)22)13(12)10-5-4-6-11(7-10)20(24)25/h4-8H,1-3H3,(H2,18,19)(H,21,22). The molecule has 3 N–H and O–H groups in total. The van der Waals surface area contributed by atoms with Crippen molar-refractivity contribution in [2.75, 3.05) is 5.73 Å². The number of pyridine rings is 1. The number of carbonyl (C=O) groups excluding carboxylic acids is 1. The minimum Gasteiger partial charge on any atom is -0.478 e. The van der Waals surface area contributed by atoms with E-state index in [1.165, 1.54) is 31.2 Å². The number of carboxylic acids is 1. The van der Waals surface area contributed by atoms with Crippen molar-refractivity contribution in [2.24, 2.45) is 0 Å². The normalized spacial score (nSPS) is 10.6. The summed E-state index contributed by atoms with van der Waals surface area (Å²) in [5, 5.41) is 20.6. The number of carbonyl (C=O) groups is 2. The fourth-order valence-corrected chi connectivity index (χ4v) is 2.53. The van der Waals surface area contributed by atoms with E-state index in [9.17, 15) is 24.8 Å². The van der Waals surface area contributed by atoms with Crippen molar-refractivity contribution in [2.45, 2.75) is 26.9 Å². The number of nitro benzene ring substituents is 1. The van der Waals surface area contributed by atoms with Crippen LogP contribution in [-0.4, -0.2) is 33.1 Å². The molecule has 0 amide bonds. The highest BCUT2D eigenvalue weighted by atomic mass is 16.6. The first kappa shape index (κ1) is 18.8. The lowest BCUT2D eigenvalue weighted by molar-refractivity contribution is -0.384. The number of hydrogen-bond donors (Lipinski definition) is 2. The molecule has 0 aliphatic rings. The van der Waals surface area contributed by atoms with Crippen LogP contribution in [0.25, 0.3) is 11.1 Å². The molecule has 0 bridgehead atoms. The van der Waals surface area contributed by atoms with Crippen LogP contribution < -0.4 is 5.73 Å². The minimum absolute atomic E-state index is 0.0585. The Morgan fingerprint density at radius 2 is 1.96 bits per heavy atom. The molecule has 1 aromatic carbocycles. The highest BCUT2D eigenvalue weighted by Gasteiger charge is 2.28. The van der Waals surface area contributed by atoms with Crippen LogP contribution in [0, 0.1) is 17.0 Å². The van der Waals surface area contributed by atoms with Crippen molar-refractivity contribution < 1.29 is 24.4 Å². The van der Waals surface area contributed by atoms with Crippen molar-refractivity contribution in [3.8, 4) is 11.1 Å². The van der Waals surface area contributed by atoms with Crippen molar-refractivity contribution in [1.29, 1.82) is 0 Å². The summed E-state index contributed by atoms with van der Waals surface area (Å²) in [7, 11) is 0. The molecule has 0 radical (unpaired) electrons. The number of nitrogens with zero attached hydrogens (tertiary/aromatic N) is 2. The molecule has 1 heterocycles. The molecule has 1 aromatic heterocycles. The number of carboxylic acid groups (broad SMARTS) is 1. The summed E-state index contributed by atoms with van der Waals surface area (Å²) in [5.74, 6) is -2.48. The first-order valence-corrected chi connectivity index (χ1v) is 7.62. The van der Waals surface area contributed by atoms with Gasteiger partial charge in [0.15, 0.2) is 0 Å². The Morgan fingerprint density at radius 1 is 1.31 bits per heavy atom. The van der Waals surface area contributed by atoms with Gasteiger partial charge in [0.2, 0.25) is 0 Å². The van der Waals surface area contributed by atoms with Gasteiger partial charge in [0.25, 0.3) is 5.69 Å². The first-order chi connectivity index (χ1) is 12.1. The topological polar surface area (TPSA) is 146 Å². The Labute approximate surface area is 148 Å². The highest BCUT2D eigenvalue weighted by molar-refractivity contribution is 6.08. The van der Waals surface area contributed by atoms with E-state index in [1.807, 2.05) is 0 Å². The molecule has 2 aromatic rings. The van der Waals surface area contributed by atoms with Gasteiger partial charge in [0.1, 0.15) is 11.4 Å². The van der Waals surface area contributed by atoms with Crippen LogP contribution in [0.3, 0.4) is 0 Å². The summed E-state index contributed by atoms with van der Waals surface area (Å²) in [6, 6.07) is 5.28. The number of aryl methyl sites for hydroxylation is 1. The molecule has 9 heteroatoms. The molecule has 136 valence electrons. The highest BCUT2D eigenvalue weighted by Crippen LogP contribution is 2.34. The second-order valence-electron chi connectivity index (χ2n) is 5.77. The van der Waals surface area contributed by atoms with Gasteiger partial charge >= 0.3 is 11.9 Å². The van der Waals surface area contributed by atoms with Crippen LogP contribution in [-0.2, 0) is 4.74 Å². The molecule has 0 fully saturated rings. The maximum Gasteiger partial charge on any atom is 0.340 e. The molecule has 0 aliphatic heterocycles. The van der Waals surface area contributed by atoms with E-state index in [1.54, 1.807) is 13.8 Å². The number of non-ortho nitro benzene ring substituents is 1. The number of nitrogens with two attached hydrogens (primary N) is 1. The van der Waals surface area contributed by atoms with E-state index < -0.39 is 28.5 Å². The summed E-state index contributed by atoms with van der Waals surface area (Å²) in [6.45, 7) is 4.77. The number of hydrogen-bond acceptors (Lipinski definition) is 7. The minimum atomic E-state index is -1.41. The maximum atomic E-state index is 12.5. The zero-order chi connectivity index (χ0) is 19.6. The van der Waals surface area contributed by atoms with Gasteiger partial charge in [-0.1, -0.05) is 12.1 Å². The smallest absolute Gasteiger partial charge is 0.340 e. The summed E-state index contributed by atoms with van der Waals surface area (Å²) < 4.78 is 5.18. The molecule has 0 saturated heterocycles. The van der Waals surface area contributed by atoms with Crippen molar-refractivity contribution >= 4 is 23.4 Å². The van der Waals surface area contributed by atoms with Gasteiger partial charge in [-0.3, -0.25) is 10.1 Å². The second-order valence-corrected chi connectivity index (χ2v) is 5.77. The molecule has 0 unspecified atom stereocenters. The van der Waals surface area contributed by atoms with Crippen LogP contribution >= 0.6 is 0 Å². The van der Waals surface area contributed by atoms with Crippen LogP contribution in [0.1, 0.15) is 40.3 Å². The number of anilines is 1. The van der Waals surface area contributed by atoms with E-state index in [0.717, 1.165) is 0 Å². The van der Waals surface area contributed by atoms with Gasteiger partial charge in [-0.2, -0.15) is 0 Å². The van der Waals surface area contributed by atoms with E-state index >= 15 is 0 Å². The zero-order valence-corrected chi connectivity index (χ0v) is 14.3. The third-order valence-electron chi connectivity index (χ3n) is 3.51. The number of benzene rings is 1. The number of aromatic carboxylic acids is 1. The van der Waals surface area contributed by atoms with Gasteiger partial charge in [-0.25, -0.2) is 14.6 Å². The predicted octanol–water partition coefficient (Wildman–Crippen LogP) is 2.81. The monoisotopic (exact) mass is 359 g/mol. The van der Waals surface area contributed by atoms with Crippen LogP contribution in [0.4, 0.5) is 11.5 Å². The predicted molar refractivity (Wildman–Crippen MR) is 93.0 cm³/mol. The fourth-order valence-electron chi connectivity index (χ4n) is 2.53. The third kappa shape index (κ3) is 3.61. The Morgan fingerprint density at radius 3 is 2.50 bits per heavy atom. The maximum absolute atomic E-state index is 12.5. The first-order valence-electron chi connectivity index (χ1n) is 7.62. The summed E-state index contributed by atoms with van der Waals surface area (Å²) in [5.41, 5.74) is 5.26. The number of nitrogen functional groups attached to an aromatic ring is 1. The second kappa shape index (κ2) is 7.18. The lowest BCUT2D eigenvalue weighted by Gasteiger charge is -2.17. The van der Waals surface area contributed by atoms with Gasteiger partial charge < -0.3 is 15.6 Å². The van der Waals surface area contributed by atoms with Crippen LogP contribution in [0.2, 0.25) is 0 Å². The molecule has 0 spiro atoms. The van der Waals surface area contributed by atoms with Crippen molar-refractivity contribution in [1.82, 2.24) is 4.98 Å². The van der Waals surface area contributed by atoms with Gasteiger partial charge in [0, 0.05) is 17.7 Å². The average molecular weight is 359 g/mol. The molecule has 9 nitrogen and oxygen atoms in total. The van der Waals surface area contributed by atoms with E-state index in [2.05, 4.69) is 4.98 Å². The summed E-state index contributed by atoms with van der Waals surface area (Å²) in [6.07, 6.45) is -0.453. The number of rotatable bonds is 5. The molecule has 0 saturated carbocycles. The lowest BCUT2D eigenvalue weighted by Crippen LogP contribution is -2.18. The number of esters is 1. The van der Waals surface area contributed by atoms with Crippen LogP contribution in [0.5, 0.6) is 0 Å². The van der Waals surface area contributed by atoms with Gasteiger partial charge in [-0.15, -0.1) is 0 Å². The lowest BCUT2D eigenvalue weighted by atomic mass is 9.93. The van der Waals surface area contributed by atoms with Crippen molar-refractivity contribution in [3.63, 3.8) is 0 Å². The van der Waals surface area contributed by atoms with Gasteiger partial charge in [0.05, 0.1) is 22.3 Å². The molecular formula is C17H17N3O6. The average Bonchev–Trinajstić information content (AvgIpc) is 2.52. The molecule has 2 rings (SSSR count). The van der Waals surface area contributed by atoms with E-state index in [-0.39, 0.29) is 33.9 Å². The Kier molecular flexibility index (Phi) is 5.20. The molecule has 0 aliphatic carbocycles. The van der Waals surface area contributed by atoms with E-state index in [4.69, 9.17) is 10.5 Å². The molecule has 26 heavy (non-hydrogen) atoms. The third-order valence-corrected chi connectivity index (χ3v) is 3.51. The zero-order valence-electron chi connectivity index (χ0n) is 14.3.